The number of nitrogens with zero attached hydrogens (tertiary/aromatic N) is 4. The number of aryl methyl sites for hydroxylation is 2. The van der Waals surface area contributed by atoms with E-state index in [-0.39, 0.29) is 11.9 Å². The molecule has 1 aliphatic heterocycles. The van der Waals surface area contributed by atoms with E-state index < -0.39 is 0 Å². The first kappa shape index (κ1) is 17.0. The Bertz CT molecular complexity index is 964. The highest BCUT2D eigenvalue weighted by Crippen LogP contribution is 2.34. The number of fused-ring (bicyclic) bond motifs is 1. The van der Waals surface area contributed by atoms with Crippen molar-refractivity contribution >= 4 is 23.2 Å². The van der Waals surface area contributed by atoms with Crippen molar-refractivity contribution < 1.29 is 4.79 Å². The van der Waals surface area contributed by atoms with Crippen LogP contribution in [0.4, 0.5) is 0 Å². The van der Waals surface area contributed by atoms with Gasteiger partial charge >= 0.3 is 0 Å². The Morgan fingerprint density at radius 3 is 2.69 bits per heavy atom. The molecule has 1 unspecified atom stereocenters. The van der Waals surface area contributed by atoms with Crippen LogP contribution in [-0.2, 0) is 11.2 Å². The summed E-state index contributed by atoms with van der Waals surface area (Å²) in [5, 5.41) is 5.04. The molecule has 0 saturated carbocycles. The summed E-state index contributed by atoms with van der Waals surface area (Å²) in [6.45, 7) is 4.86. The van der Waals surface area contributed by atoms with Crippen molar-refractivity contribution in [2.75, 3.05) is 6.54 Å². The average Bonchev–Trinajstić information content (AvgIpc) is 3.04. The van der Waals surface area contributed by atoms with Gasteiger partial charge in [0.2, 0.25) is 5.91 Å². The van der Waals surface area contributed by atoms with Gasteiger partial charge < -0.3 is 4.90 Å². The lowest BCUT2D eigenvalue weighted by Crippen LogP contribution is -2.45. The molecule has 1 aliphatic rings. The number of hydrogen-bond donors (Lipinski definition) is 0. The Morgan fingerprint density at radius 2 is 2.00 bits per heavy atom. The van der Waals surface area contributed by atoms with Crippen molar-refractivity contribution in [3.05, 3.63) is 64.1 Å². The van der Waals surface area contributed by atoms with Crippen LogP contribution < -0.4 is 0 Å². The number of aromatic nitrogens is 3. The molecule has 134 valence electrons. The van der Waals surface area contributed by atoms with Crippen LogP contribution in [0, 0.1) is 13.8 Å². The maximum absolute atomic E-state index is 12.7. The molecule has 1 atom stereocenters. The largest absolute Gasteiger partial charge is 0.335 e. The van der Waals surface area contributed by atoms with E-state index in [9.17, 15) is 4.79 Å². The molecule has 0 aliphatic carbocycles. The number of hydrogen-bond acceptors (Lipinski definition) is 3. The van der Waals surface area contributed by atoms with E-state index in [0.717, 1.165) is 46.2 Å². The summed E-state index contributed by atoms with van der Waals surface area (Å²) >= 11 is 5.96. The Balaban J connectivity index is 1.46. The fraction of sp³-hybridized carbons (Fsp3) is 0.350. The van der Waals surface area contributed by atoms with Crippen LogP contribution >= 0.6 is 11.6 Å². The van der Waals surface area contributed by atoms with Crippen molar-refractivity contribution in [3.63, 3.8) is 0 Å². The molecule has 5 nitrogen and oxygen atoms in total. The van der Waals surface area contributed by atoms with E-state index in [1.54, 1.807) is 6.20 Å². The average molecular weight is 369 g/mol. The van der Waals surface area contributed by atoms with Gasteiger partial charge in [0, 0.05) is 35.4 Å². The number of carbonyl (C=O) groups is 1. The Hall–Kier alpha value is -2.40. The van der Waals surface area contributed by atoms with E-state index in [2.05, 4.69) is 10.1 Å². The van der Waals surface area contributed by atoms with Gasteiger partial charge in [0.1, 0.15) is 0 Å². The van der Waals surface area contributed by atoms with E-state index in [1.165, 1.54) is 0 Å². The van der Waals surface area contributed by atoms with Gasteiger partial charge in [0.05, 0.1) is 12.2 Å². The van der Waals surface area contributed by atoms with E-state index >= 15 is 0 Å². The smallest absolute Gasteiger partial charge is 0.223 e. The second-order valence-corrected chi connectivity index (χ2v) is 7.24. The van der Waals surface area contributed by atoms with Crippen LogP contribution in [0.25, 0.3) is 5.65 Å². The fourth-order valence-corrected chi connectivity index (χ4v) is 3.85. The second kappa shape index (κ2) is 6.72. The lowest BCUT2D eigenvalue weighted by Gasteiger charge is -2.41. The summed E-state index contributed by atoms with van der Waals surface area (Å²) in [7, 11) is 0. The van der Waals surface area contributed by atoms with Gasteiger partial charge in [-0.3, -0.25) is 4.79 Å². The predicted octanol–water partition coefficient (Wildman–Crippen LogP) is 3.91. The molecule has 0 N–H and O–H groups in total. The Morgan fingerprint density at radius 1 is 1.23 bits per heavy atom. The number of amides is 1. The number of rotatable bonds is 4. The number of carbonyl (C=O) groups excluding carboxylic acids is 1. The molecule has 4 rings (SSSR count). The lowest BCUT2D eigenvalue weighted by atomic mass is 9.93. The zero-order chi connectivity index (χ0) is 18.3. The molecule has 0 radical (unpaired) electrons. The van der Waals surface area contributed by atoms with Crippen molar-refractivity contribution in [1.82, 2.24) is 19.5 Å². The first-order valence-corrected chi connectivity index (χ1v) is 9.27. The molecule has 2 aromatic heterocycles. The standard InChI is InChI=1S/C20H21ClN4O/c1-13-17(14(2)25-19(23-13)9-11-22-25)7-8-20(26)24-12-10-18(24)15-3-5-16(21)6-4-15/h3-6,9,11,18H,7-8,10,12H2,1-2H3. The summed E-state index contributed by atoms with van der Waals surface area (Å²) in [4.78, 5) is 19.3. The SMILES string of the molecule is Cc1nc2ccnn2c(C)c1CCC(=O)N1CCC1c1ccc(Cl)cc1. The maximum atomic E-state index is 12.7. The van der Waals surface area contributed by atoms with Crippen LogP contribution in [-0.4, -0.2) is 31.9 Å². The molecule has 6 heteroatoms. The molecule has 26 heavy (non-hydrogen) atoms. The van der Waals surface area contributed by atoms with Crippen LogP contribution in [0.3, 0.4) is 0 Å². The molecule has 0 spiro atoms. The third kappa shape index (κ3) is 2.97. The summed E-state index contributed by atoms with van der Waals surface area (Å²) in [6, 6.07) is 9.86. The number of halogens is 1. The molecule has 3 aromatic rings. The number of likely N-dealkylation sites (tertiary alicyclic amines) is 1. The maximum Gasteiger partial charge on any atom is 0.223 e. The normalized spacial score (nSPS) is 16.7. The molecule has 0 bridgehead atoms. The quantitative estimate of drug-likeness (QED) is 0.701. The van der Waals surface area contributed by atoms with Crippen LogP contribution in [0.2, 0.25) is 5.02 Å². The molecule has 1 amide bonds. The first-order valence-electron chi connectivity index (χ1n) is 8.89. The Labute approximate surface area is 157 Å². The first-order chi connectivity index (χ1) is 12.5. The second-order valence-electron chi connectivity index (χ2n) is 6.81. The highest BCUT2D eigenvalue weighted by atomic mass is 35.5. The van der Waals surface area contributed by atoms with E-state index in [0.29, 0.717) is 12.8 Å². The van der Waals surface area contributed by atoms with Crippen molar-refractivity contribution in [1.29, 1.82) is 0 Å². The monoisotopic (exact) mass is 368 g/mol. The number of benzene rings is 1. The van der Waals surface area contributed by atoms with Gasteiger partial charge in [-0.05, 0) is 49.9 Å². The third-order valence-electron chi connectivity index (χ3n) is 5.28. The molecule has 1 fully saturated rings. The predicted molar refractivity (Wildman–Crippen MR) is 101 cm³/mol. The third-order valence-corrected chi connectivity index (χ3v) is 5.53. The van der Waals surface area contributed by atoms with Crippen LogP contribution in [0.5, 0.6) is 0 Å². The zero-order valence-electron chi connectivity index (χ0n) is 14.9. The highest BCUT2D eigenvalue weighted by molar-refractivity contribution is 6.30. The minimum atomic E-state index is 0.175. The zero-order valence-corrected chi connectivity index (χ0v) is 15.7. The molecule has 3 heterocycles. The van der Waals surface area contributed by atoms with Crippen molar-refractivity contribution in [2.45, 2.75) is 39.2 Å². The fourth-order valence-electron chi connectivity index (χ4n) is 3.72. The molecule has 1 aromatic carbocycles. The van der Waals surface area contributed by atoms with Gasteiger partial charge in [0.15, 0.2) is 5.65 Å². The minimum absolute atomic E-state index is 0.175. The molecule has 1 saturated heterocycles. The van der Waals surface area contributed by atoms with Crippen LogP contribution in [0.15, 0.2) is 36.5 Å². The summed E-state index contributed by atoms with van der Waals surface area (Å²) < 4.78 is 1.84. The minimum Gasteiger partial charge on any atom is -0.335 e. The van der Waals surface area contributed by atoms with E-state index in [4.69, 9.17) is 11.6 Å². The Kier molecular flexibility index (Phi) is 4.41. The van der Waals surface area contributed by atoms with Crippen molar-refractivity contribution in [2.24, 2.45) is 0 Å². The highest BCUT2D eigenvalue weighted by Gasteiger charge is 2.32. The van der Waals surface area contributed by atoms with Gasteiger partial charge in [-0.1, -0.05) is 23.7 Å². The van der Waals surface area contributed by atoms with E-state index in [1.807, 2.05) is 53.6 Å². The topological polar surface area (TPSA) is 50.5 Å². The van der Waals surface area contributed by atoms with Gasteiger partial charge in [-0.15, -0.1) is 0 Å². The van der Waals surface area contributed by atoms with Crippen LogP contribution in [0.1, 0.15) is 41.4 Å². The molecular formula is C20H21ClN4O. The summed E-state index contributed by atoms with van der Waals surface area (Å²) in [6.07, 6.45) is 3.93. The van der Waals surface area contributed by atoms with Crippen molar-refractivity contribution in [3.8, 4) is 0 Å². The van der Waals surface area contributed by atoms with Gasteiger partial charge in [0.25, 0.3) is 0 Å². The van der Waals surface area contributed by atoms with Gasteiger partial charge in [-0.2, -0.15) is 5.10 Å². The lowest BCUT2D eigenvalue weighted by molar-refractivity contribution is -0.139. The molecular weight excluding hydrogens is 348 g/mol. The summed E-state index contributed by atoms with van der Waals surface area (Å²) in [5.41, 5.74) is 5.14. The summed E-state index contributed by atoms with van der Waals surface area (Å²) in [5.74, 6) is 0.190. The van der Waals surface area contributed by atoms with Gasteiger partial charge in [-0.25, -0.2) is 9.50 Å².